The molecule has 0 saturated carbocycles. The smallest absolute Gasteiger partial charge is 0.239 e. The summed E-state index contributed by atoms with van der Waals surface area (Å²) < 4.78 is 0. The molecule has 0 saturated heterocycles. The zero-order valence-corrected chi connectivity index (χ0v) is 15.5. The molecule has 3 rings (SSSR count). The van der Waals surface area contributed by atoms with E-state index in [9.17, 15) is 4.79 Å². The molecule has 1 aromatic carbocycles. The van der Waals surface area contributed by atoms with Crippen molar-refractivity contribution in [2.24, 2.45) is 0 Å². The maximum atomic E-state index is 12.5. The predicted molar refractivity (Wildman–Crippen MR) is 102 cm³/mol. The molecule has 3 aromatic rings. The van der Waals surface area contributed by atoms with E-state index in [2.05, 4.69) is 15.3 Å². The quantitative estimate of drug-likeness (QED) is 0.665. The van der Waals surface area contributed by atoms with Crippen LogP contribution >= 0.6 is 23.1 Å². The summed E-state index contributed by atoms with van der Waals surface area (Å²) >= 11 is 3.01. The van der Waals surface area contributed by atoms with Crippen LogP contribution in [0.3, 0.4) is 0 Å². The van der Waals surface area contributed by atoms with Crippen molar-refractivity contribution in [3.8, 4) is 0 Å². The van der Waals surface area contributed by atoms with Gasteiger partial charge in [-0.05, 0) is 32.4 Å². The number of carbonyl (C=O) groups excluding carboxylic acids is 1. The zero-order chi connectivity index (χ0) is 17.1. The van der Waals surface area contributed by atoms with E-state index in [1.807, 2.05) is 57.2 Å². The number of rotatable bonds is 5. The normalized spacial score (nSPS) is 12.3. The molecule has 1 amide bonds. The molecule has 2 aromatic heterocycles. The Labute approximate surface area is 149 Å². The highest BCUT2D eigenvalue weighted by molar-refractivity contribution is 8.00. The summed E-state index contributed by atoms with van der Waals surface area (Å²) in [6.45, 7) is 5.97. The Morgan fingerprint density at radius 1 is 1.21 bits per heavy atom. The number of nitrogens with one attached hydrogen (secondary N) is 1. The average Bonchev–Trinajstić information content (AvgIpc) is 2.89. The van der Waals surface area contributed by atoms with E-state index in [0.29, 0.717) is 5.13 Å². The van der Waals surface area contributed by atoms with E-state index < -0.39 is 0 Å². The molecule has 0 aliphatic carbocycles. The fraction of sp³-hybridized carbons (Fsp3) is 0.278. The third-order valence-electron chi connectivity index (χ3n) is 3.76. The lowest BCUT2D eigenvalue weighted by Gasteiger charge is -2.13. The first kappa shape index (κ1) is 16.9. The maximum absolute atomic E-state index is 12.5. The van der Waals surface area contributed by atoms with Crippen molar-refractivity contribution < 1.29 is 4.79 Å². The van der Waals surface area contributed by atoms with E-state index in [1.165, 1.54) is 23.1 Å². The number of aryl methyl sites for hydroxylation is 2. The van der Waals surface area contributed by atoms with Crippen LogP contribution in [0.5, 0.6) is 0 Å². The Morgan fingerprint density at radius 2 is 2.00 bits per heavy atom. The topological polar surface area (TPSA) is 54.9 Å². The number of carbonyl (C=O) groups is 1. The minimum Gasteiger partial charge on any atom is -0.301 e. The lowest BCUT2D eigenvalue weighted by Crippen LogP contribution is -2.24. The van der Waals surface area contributed by atoms with Crippen LogP contribution in [0.1, 0.15) is 23.9 Å². The summed E-state index contributed by atoms with van der Waals surface area (Å²) in [5.74, 6) is -0.0220. The summed E-state index contributed by atoms with van der Waals surface area (Å²) in [7, 11) is 0. The van der Waals surface area contributed by atoms with Crippen molar-refractivity contribution in [3.63, 3.8) is 0 Å². The van der Waals surface area contributed by atoms with Gasteiger partial charge in [0.15, 0.2) is 5.13 Å². The highest BCUT2D eigenvalue weighted by Gasteiger charge is 2.20. The van der Waals surface area contributed by atoms with Gasteiger partial charge >= 0.3 is 0 Å². The standard InChI is InChI=1S/C18H19N3OS2/c1-4-15(17(22)21-18-19-11(2)12(3)23-18)24-16-10-9-13-7-5-6-8-14(13)20-16/h5-10,15H,4H2,1-3H3,(H,19,21,22). The van der Waals surface area contributed by atoms with Crippen LogP contribution in [0.4, 0.5) is 5.13 Å². The number of pyridine rings is 1. The fourth-order valence-corrected chi connectivity index (χ4v) is 4.03. The number of aromatic nitrogens is 2. The number of amides is 1. The van der Waals surface area contributed by atoms with E-state index in [0.717, 1.165) is 32.9 Å². The molecule has 0 aliphatic rings. The minimum atomic E-state index is -0.192. The molecule has 6 heteroatoms. The summed E-state index contributed by atoms with van der Waals surface area (Å²) in [6.07, 6.45) is 0.731. The van der Waals surface area contributed by atoms with Gasteiger partial charge in [0, 0.05) is 10.3 Å². The first-order chi connectivity index (χ1) is 11.6. The third-order valence-corrected chi connectivity index (χ3v) is 6.05. The number of thiazole rings is 1. The Hall–Kier alpha value is -1.92. The fourth-order valence-electron chi connectivity index (χ4n) is 2.29. The van der Waals surface area contributed by atoms with Crippen LogP contribution in [0.25, 0.3) is 10.9 Å². The van der Waals surface area contributed by atoms with Crippen molar-refractivity contribution in [1.29, 1.82) is 0 Å². The summed E-state index contributed by atoms with van der Waals surface area (Å²) in [5, 5.41) is 5.38. The van der Waals surface area contributed by atoms with Gasteiger partial charge in [0.1, 0.15) is 0 Å². The third kappa shape index (κ3) is 3.76. The zero-order valence-electron chi connectivity index (χ0n) is 13.9. The van der Waals surface area contributed by atoms with Gasteiger partial charge in [-0.2, -0.15) is 0 Å². The molecular formula is C18H19N3OS2. The van der Waals surface area contributed by atoms with Gasteiger partial charge in [-0.3, -0.25) is 4.79 Å². The van der Waals surface area contributed by atoms with E-state index >= 15 is 0 Å². The largest absolute Gasteiger partial charge is 0.301 e. The molecule has 0 fully saturated rings. The highest BCUT2D eigenvalue weighted by atomic mass is 32.2. The van der Waals surface area contributed by atoms with Crippen molar-refractivity contribution in [3.05, 3.63) is 47.0 Å². The lowest BCUT2D eigenvalue weighted by molar-refractivity contribution is -0.115. The van der Waals surface area contributed by atoms with Crippen molar-refractivity contribution in [2.75, 3.05) is 5.32 Å². The van der Waals surface area contributed by atoms with Gasteiger partial charge in [-0.1, -0.05) is 43.0 Å². The van der Waals surface area contributed by atoms with Gasteiger partial charge in [0.05, 0.1) is 21.5 Å². The Morgan fingerprint density at radius 3 is 2.71 bits per heavy atom. The Kier molecular flexibility index (Phi) is 5.16. The Bertz CT molecular complexity index is 856. The average molecular weight is 358 g/mol. The van der Waals surface area contributed by atoms with Crippen LogP contribution in [-0.4, -0.2) is 21.1 Å². The summed E-state index contributed by atoms with van der Waals surface area (Å²) in [5.41, 5.74) is 1.91. The van der Waals surface area contributed by atoms with E-state index in [4.69, 9.17) is 0 Å². The van der Waals surface area contributed by atoms with Crippen molar-refractivity contribution in [1.82, 2.24) is 9.97 Å². The molecule has 0 spiro atoms. The SMILES string of the molecule is CCC(Sc1ccc2ccccc2n1)C(=O)Nc1nc(C)c(C)s1. The molecule has 4 nitrogen and oxygen atoms in total. The Balaban J connectivity index is 1.73. The van der Waals surface area contributed by atoms with Crippen LogP contribution in [0.15, 0.2) is 41.4 Å². The number of nitrogens with zero attached hydrogens (tertiary/aromatic N) is 2. The number of hydrogen-bond donors (Lipinski definition) is 1. The second-order valence-corrected chi connectivity index (χ2v) is 7.93. The number of fused-ring (bicyclic) bond motifs is 1. The van der Waals surface area contributed by atoms with Crippen molar-refractivity contribution >= 4 is 45.0 Å². The first-order valence-corrected chi connectivity index (χ1v) is 9.53. The van der Waals surface area contributed by atoms with Gasteiger partial charge in [-0.25, -0.2) is 9.97 Å². The molecule has 0 aliphatic heterocycles. The van der Waals surface area contributed by atoms with Gasteiger partial charge in [0.2, 0.25) is 5.91 Å². The second kappa shape index (κ2) is 7.32. The molecule has 1 unspecified atom stereocenters. The summed E-state index contributed by atoms with van der Waals surface area (Å²) in [4.78, 5) is 22.7. The highest BCUT2D eigenvalue weighted by Crippen LogP contribution is 2.28. The molecular weight excluding hydrogens is 338 g/mol. The molecule has 24 heavy (non-hydrogen) atoms. The number of benzene rings is 1. The molecule has 1 atom stereocenters. The monoisotopic (exact) mass is 357 g/mol. The maximum Gasteiger partial charge on any atom is 0.239 e. The molecule has 0 radical (unpaired) electrons. The molecule has 1 N–H and O–H groups in total. The molecule has 0 bridgehead atoms. The van der Waals surface area contributed by atoms with Crippen LogP contribution in [0, 0.1) is 13.8 Å². The van der Waals surface area contributed by atoms with Crippen molar-refractivity contribution in [2.45, 2.75) is 37.5 Å². The number of para-hydroxylation sites is 1. The van der Waals surface area contributed by atoms with Crippen LogP contribution < -0.4 is 5.32 Å². The number of anilines is 1. The van der Waals surface area contributed by atoms with Crippen LogP contribution in [0.2, 0.25) is 0 Å². The van der Waals surface area contributed by atoms with Gasteiger partial charge in [-0.15, -0.1) is 11.3 Å². The lowest BCUT2D eigenvalue weighted by atomic mass is 10.2. The van der Waals surface area contributed by atoms with Crippen LogP contribution in [-0.2, 0) is 4.79 Å². The summed E-state index contributed by atoms with van der Waals surface area (Å²) in [6, 6.07) is 12.0. The second-order valence-electron chi connectivity index (χ2n) is 5.51. The van der Waals surface area contributed by atoms with Gasteiger partial charge in [0.25, 0.3) is 0 Å². The predicted octanol–water partition coefficient (Wildman–Crippen LogP) is 4.82. The van der Waals surface area contributed by atoms with Gasteiger partial charge < -0.3 is 5.32 Å². The van der Waals surface area contributed by atoms with E-state index in [1.54, 1.807) is 0 Å². The number of hydrogen-bond acceptors (Lipinski definition) is 5. The van der Waals surface area contributed by atoms with E-state index in [-0.39, 0.29) is 11.2 Å². The molecule has 2 heterocycles. The first-order valence-electron chi connectivity index (χ1n) is 7.84. The number of thioether (sulfide) groups is 1. The molecule has 124 valence electrons. The minimum absolute atomic E-state index is 0.0220.